The summed E-state index contributed by atoms with van der Waals surface area (Å²) in [4.78, 5) is 13.9. The van der Waals surface area contributed by atoms with E-state index >= 15 is 0 Å². The Kier molecular flexibility index (Phi) is 3.73. The highest BCUT2D eigenvalue weighted by atomic mass is 16.4. The molecule has 1 aliphatic carbocycles. The fourth-order valence-electron chi connectivity index (χ4n) is 3.54. The second kappa shape index (κ2) is 4.94. The van der Waals surface area contributed by atoms with Crippen LogP contribution in [0.1, 0.15) is 45.4 Å². The predicted molar refractivity (Wildman–Crippen MR) is 66.8 cm³/mol. The van der Waals surface area contributed by atoms with Crippen LogP contribution in [0.15, 0.2) is 0 Å². The average Bonchev–Trinajstić information content (AvgIpc) is 2.28. The molecule has 1 saturated carbocycles. The molecule has 1 saturated heterocycles. The minimum Gasteiger partial charge on any atom is -0.480 e. The fourth-order valence-corrected chi connectivity index (χ4v) is 3.54. The molecule has 2 fully saturated rings. The molecule has 0 amide bonds. The maximum absolute atomic E-state index is 11.7. The van der Waals surface area contributed by atoms with E-state index in [1.54, 1.807) is 0 Å². The van der Waals surface area contributed by atoms with Crippen LogP contribution >= 0.6 is 0 Å². The van der Waals surface area contributed by atoms with Crippen molar-refractivity contribution in [1.82, 2.24) is 4.90 Å². The molecule has 0 spiro atoms. The number of nitrogens with two attached hydrogens (primary N) is 1. The number of hydrogen-bond acceptors (Lipinski definition) is 3. The second-order valence-corrected chi connectivity index (χ2v) is 5.89. The molecule has 0 aromatic rings. The van der Waals surface area contributed by atoms with Crippen molar-refractivity contribution in [3.63, 3.8) is 0 Å². The summed E-state index contributed by atoms with van der Waals surface area (Å²) in [5.41, 5.74) is 5.36. The molecule has 1 heterocycles. The van der Waals surface area contributed by atoms with Crippen LogP contribution in [-0.4, -0.2) is 40.6 Å². The van der Waals surface area contributed by atoms with Crippen LogP contribution in [0, 0.1) is 5.92 Å². The first kappa shape index (κ1) is 12.8. The number of rotatable bonds is 2. The largest absolute Gasteiger partial charge is 0.480 e. The standard InChI is InChI=1S/C13H24N2O2/c1-10-4-2-6-13(8-10,12(16)17)15-7-3-5-11(14)9-15/h10-11H,2-9,14H2,1H3,(H,16,17). The number of carboxylic acids is 1. The third kappa shape index (κ3) is 2.47. The van der Waals surface area contributed by atoms with Crippen molar-refractivity contribution < 1.29 is 9.90 Å². The topological polar surface area (TPSA) is 66.6 Å². The normalized spacial score (nSPS) is 40.1. The molecule has 2 rings (SSSR count). The zero-order valence-corrected chi connectivity index (χ0v) is 10.7. The van der Waals surface area contributed by atoms with E-state index in [9.17, 15) is 9.90 Å². The molecule has 4 nitrogen and oxygen atoms in total. The van der Waals surface area contributed by atoms with E-state index in [2.05, 4.69) is 11.8 Å². The molecule has 98 valence electrons. The van der Waals surface area contributed by atoms with Crippen LogP contribution in [0.4, 0.5) is 0 Å². The van der Waals surface area contributed by atoms with Gasteiger partial charge in [-0.1, -0.05) is 19.8 Å². The number of hydrogen-bond donors (Lipinski definition) is 2. The first-order valence-corrected chi connectivity index (χ1v) is 6.78. The molecule has 3 atom stereocenters. The van der Waals surface area contributed by atoms with Crippen molar-refractivity contribution >= 4 is 5.97 Å². The number of piperidine rings is 1. The molecule has 2 aliphatic rings. The van der Waals surface area contributed by atoms with E-state index in [-0.39, 0.29) is 6.04 Å². The first-order chi connectivity index (χ1) is 8.04. The molecular weight excluding hydrogens is 216 g/mol. The summed E-state index contributed by atoms with van der Waals surface area (Å²) in [5, 5.41) is 9.66. The third-order valence-corrected chi connectivity index (χ3v) is 4.43. The van der Waals surface area contributed by atoms with Crippen LogP contribution in [0.3, 0.4) is 0 Å². The second-order valence-electron chi connectivity index (χ2n) is 5.89. The zero-order chi connectivity index (χ0) is 12.5. The van der Waals surface area contributed by atoms with Gasteiger partial charge in [0, 0.05) is 12.6 Å². The Morgan fingerprint density at radius 3 is 2.76 bits per heavy atom. The van der Waals surface area contributed by atoms with Gasteiger partial charge in [-0.3, -0.25) is 9.69 Å². The van der Waals surface area contributed by atoms with Gasteiger partial charge in [0.15, 0.2) is 0 Å². The lowest BCUT2D eigenvalue weighted by molar-refractivity contribution is -0.156. The van der Waals surface area contributed by atoms with E-state index in [1.807, 2.05) is 0 Å². The maximum atomic E-state index is 11.7. The van der Waals surface area contributed by atoms with Gasteiger partial charge in [0.2, 0.25) is 0 Å². The monoisotopic (exact) mass is 240 g/mol. The summed E-state index contributed by atoms with van der Waals surface area (Å²) in [5.74, 6) is -0.129. The number of nitrogens with zero attached hydrogens (tertiary/aromatic N) is 1. The van der Waals surface area contributed by atoms with Crippen LogP contribution in [0.25, 0.3) is 0 Å². The summed E-state index contributed by atoms with van der Waals surface area (Å²) in [6.07, 6.45) is 5.83. The molecule has 0 aromatic carbocycles. The molecule has 3 N–H and O–H groups in total. The molecule has 0 aromatic heterocycles. The highest BCUT2D eigenvalue weighted by molar-refractivity contribution is 5.79. The van der Waals surface area contributed by atoms with E-state index < -0.39 is 11.5 Å². The van der Waals surface area contributed by atoms with Gasteiger partial charge in [0.25, 0.3) is 0 Å². The summed E-state index contributed by atoms with van der Waals surface area (Å²) in [6, 6.07) is 0.150. The Morgan fingerprint density at radius 2 is 2.18 bits per heavy atom. The number of carboxylic acid groups (broad SMARTS) is 1. The Balaban J connectivity index is 2.18. The van der Waals surface area contributed by atoms with Crippen molar-refractivity contribution in [2.24, 2.45) is 11.7 Å². The van der Waals surface area contributed by atoms with Crippen molar-refractivity contribution in [3.8, 4) is 0 Å². The number of likely N-dealkylation sites (tertiary alicyclic amines) is 1. The molecular formula is C13H24N2O2. The highest BCUT2D eigenvalue weighted by Gasteiger charge is 2.47. The van der Waals surface area contributed by atoms with Crippen molar-refractivity contribution in [3.05, 3.63) is 0 Å². The van der Waals surface area contributed by atoms with Gasteiger partial charge in [0.1, 0.15) is 5.54 Å². The Hall–Kier alpha value is -0.610. The minimum absolute atomic E-state index is 0.150. The smallest absolute Gasteiger partial charge is 0.324 e. The van der Waals surface area contributed by atoms with Crippen molar-refractivity contribution in [2.75, 3.05) is 13.1 Å². The van der Waals surface area contributed by atoms with Crippen molar-refractivity contribution in [1.29, 1.82) is 0 Å². The van der Waals surface area contributed by atoms with Gasteiger partial charge in [-0.15, -0.1) is 0 Å². The van der Waals surface area contributed by atoms with Gasteiger partial charge in [-0.25, -0.2) is 0 Å². The van der Waals surface area contributed by atoms with E-state index in [0.717, 1.165) is 51.6 Å². The SMILES string of the molecule is CC1CCCC(C(=O)O)(N2CCCC(N)C2)C1. The number of carbonyl (C=O) groups is 1. The summed E-state index contributed by atoms with van der Waals surface area (Å²) in [6.45, 7) is 3.81. The van der Waals surface area contributed by atoms with Gasteiger partial charge < -0.3 is 10.8 Å². The maximum Gasteiger partial charge on any atom is 0.324 e. The molecule has 0 bridgehead atoms. The predicted octanol–water partition coefficient (Wildman–Crippen LogP) is 1.44. The summed E-state index contributed by atoms with van der Waals surface area (Å²) >= 11 is 0. The lowest BCUT2D eigenvalue weighted by Crippen LogP contribution is -2.61. The zero-order valence-electron chi connectivity index (χ0n) is 10.7. The van der Waals surface area contributed by atoms with E-state index in [1.165, 1.54) is 0 Å². The Morgan fingerprint density at radius 1 is 1.41 bits per heavy atom. The molecule has 3 unspecified atom stereocenters. The quantitative estimate of drug-likeness (QED) is 0.766. The van der Waals surface area contributed by atoms with E-state index in [4.69, 9.17) is 5.73 Å². The first-order valence-electron chi connectivity index (χ1n) is 6.78. The van der Waals surface area contributed by atoms with E-state index in [0.29, 0.717) is 5.92 Å². The third-order valence-electron chi connectivity index (χ3n) is 4.43. The molecule has 0 radical (unpaired) electrons. The van der Waals surface area contributed by atoms with Crippen LogP contribution in [0.2, 0.25) is 0 Å². The van der Waals surface area contributed by atoms with Gasteiger partial charge in [-0.2, -0.15) is 0 Å². The fraction of sp³-hybridized carbons (Fsp3) is 0.923. The van der Waals surface area contributed by atoms with Gasteiger partial charge in [0.05, 0.1) is 0 Å². The lowest BCUT2D eigenvalue weighted by atomic mass is 9.74. The van der Waals surface area contributed by atoms with Gasteiger partial charge >= 0.3 is 5.97 Å². The molecule has 4 heteroatoms. The van der Waals surface area contributed by atoms with Crippen LogP contribution in [0.5, 0.6) is 0 Å². The summed E-state index contributed by atoms with van der Waals surface area (Å²) in [7, 11) is 0. The van der Waals surface area contributed by atoms with Crippen molar-refractivity contribution in [2.45, 2.75) is 57.0 Å². The minimum atomic E-state index is -0.641. The Labute approximate surface area is 103 Å². The summed E-state index contributed by atoms with van der Waals surface area (Å²) < 4.78 is 0. The van der Waals surface area contributed by atoms with Gasteiger partial charge in [-0.05, 0) is 38.1 Å². The molecule has 17 heavy (non-hydrogen) atoms. The highest BCUT2D eigenvalue weighted by Crippen LogP contribution is 2.38. The average molecular weight is 240 g/mol. The lowest BCUT2D eigenvalue weighted by Gasteiger charge is -2.47. The Bertz CT molecular complexity index is 295. The molecule has 1 aliphatic heterocycles. The number of aliphatic carboxylic acids is 1. The van der Waals surface area contributed by atoms with Crippen LogP contribution in [-0.2, 0) is 4.79 Å². The van der Waals surface area contributed by atoms with Crippen LogP contribution < -0.4 is 5.73 Å².